The van der Waals surface area contributed by atoms with E-state index in [0.29, 0.717) is 17.7 Å². The van der Waals surface area contributed by atoms with E-state index < -0.39 is 23.6 Å². The molecule has 33 heavy (non-hydrogen) atoms. The molecule has 3 aromatic rings. The van der Waals surface area contributed by atoms with E-state index in [-0.39, 0.29) is 24.7 Å². The molecule has 0 unspecified atom stereocenters. The zero-order valence-electron chi connectivity index (χ0n) is 17.4. The molecule has 3 amide bonds. The lowest BCUT2D eigenvalue weighted by Gasteiger charge is -2.23. The summed E-state index contributed by atoms with van der Waals surface area (Å²) >= 11 is 0. The topological polar surface area (TPSA) is 61.4 Å². The van der Waals surface area contributed by atoms with Crippen LogP contribution in [0.4, 0.5) is 33.7 Å². The number of urea groups is 1. The van der Waals surface area contributed by atoms with Gasteiger partial charge in [0.15, 0.2) is 0 Å². The molecule has 0 saturated carbocycles. The predicted octanol–water partition coefficient (Wildman–Crippen LogP) is 5.70. The van der Waals surface area contributed by atoms with Gasteiger partial charge in [0.1, 0.15) is 5.82 Å². The van der Waals surface area contributed by atoms with E-state index in [2.05, 4.69) is 10.6 Å². The van der Waals surface area contributed by atoms with E-state index in [9.17, 15) is 27.2 Å². The standard InChI is InChI=1S/C24H21F4N3O2/c25-19-12-10-17(11-13-19)22(32)31(21-8-2-1-3-9-21)15-5-14-29-23(33)30-20-7-4-6-18(16-20)24(26,27)28/h1-4,6-13,16H,5,14-15H2,(H2,29,30,33). The normalized spacial score (nSPS) is 11.0. The summed E-state index contributed by atoms with van der Waals surface area (Å²) in [4.78, 5) is 26.5. The largest absolute Gasteiger partial charge is 0.416 e. The first-order valence-corrected chi connectivity index (χ1v) is 10.1. The van der Waals surface area contributed by atoms with Crippen molar-refractivity contribution in [3.63, 3.8) is 0 Å². The molecule has 0 heterocycles. The predicted molar refractivity (Wildman–Crippen MR) is 118 cm³/mol. The van der Waals surface area contributed by atoms with Gasteiger partial charge in [0, 0.05) is 30.0 Å². The summed E-state index contributed by atoms with van der Waals surface area (Å²) in [6.07, 6.45) is -4.13. The Morgan fingerprint density at radius 1 is 0.879 bits per heavy atom. The average Bonchev–Trinajstić information content (AvgIpc) is 2.79. The van der Waals surface area contributed by atoms with Crippen LogP contribution in [0.5, 0.6) is 0 Å². The van der Waals surface area contributed by atoms with Gasteiger partial charge in [0.05, 0.1) is 5.56 Å². The molecule has 0 radical (unpaired) electrons. The second-order valence-corrected chi connectivity index (χ2v) is 7.11. The van der Waals surface area contributed by atoms with Crippen LogP contribution in [-0.4, -0.2) is 25.0 Å². The molecule has 172 valence electrons. The monoisotopic (exact) mass is 459 g/mol. The Labute approximate surface area is 188 Å². The molecule has 0 spiro atoms. The van der Waals surface area contributed by atoms with Crippen molar-refractivity contribution >= 4 is 23.3 Å². The number of carbonyl (C=O) groups excluding carboxylic acids is 2. The van der Waals surface area contributed by atoms with E-state index in [0.717, 1.165) is 12.1 Å². The van der Waals surface area contributed by atoms with Crippen LogP contribution in [0.15, 0.2) is 78.9 Å². The van der Waals surface area contributed by atoms with Gasteiger partial charge in [-0.25, -0.2) is 9.18 Å². The fourth-order valence-corrected chi connectivity index (χ4v) is 3.09. The third kappa shape index (κ3) is 6.80. The number of hydrogen-bond donors (Lipinski definition) is 2. The number of carbonyl (C=O) groups is 2. The lowest BCUT2D eigenvalue weighted by molar-refractivity contribution is -0.137. The number of nitrogens with zero attached hydrogens (tertiary/aromatic N) is 1. The summed E-state index contributed by atoms with van der Waals surface area (Å²) in [5, 5.41) is 4.93. The van der Waals surface area contributed by atoms with Crippen LogP contribution < -0.4 is 15.5 Å². The number of rotatable bonds is 7. The summed E-state index contributed by atoms with van der Waals surface area (Å²) < 4.78 is 51.6. The van der Waals surface area contributed by atoms with Crippen LogP contribution in [0.25, 0.3) is 0 Å². The fraction of sp³-hybridized carbons (Fsp3) is 0.167. The van der Waals surface area contributed by atoms with Crippen LogP contribution >= 0.6 is 0 Å². The first kappa shape index (κ1) is 23.8. The van der Waals surface area contributed by atoms with Gasteiger partial charge in [0.25, 0.3) is 5.91 Å². The Kier molecular flexibility index (Phi) is 7.66. The van der Waals surface area contributed by atoms with Gasteiger partial charge < -0.3 is 15.5 Å². The molecule has 0 aliphatic rings. The van der Waals surface area contributed by atoms with Crippen LogP contribution in [-0.2, 0) is 6.18 Å². The van der Waals surface area contributed by atoms with Crippen molar-refractivity contribution in [2.24, 2.45) is 0 Å². The maximum Gasteiger partial charge on any atom is 0.416 e. The second-order valence-electron chi connectivity index (χ2n) is 7.11. The van der Waals surface area contributed by atoms with E-state index in [1.165, 1.54) is 41.3 Å². The molecule has 5 nitrogen and oxygen atoms in total. The van der Waals surface area contributed by atoms with Crippen molar-refractivity contribution in [3.8, 4) is 0 Å². The zero-order valence-corrected chi connectivity index (χ0v) is 17.4. The van der Waals surface area contributed by atoms with E-state index in [4.69, 9.17) is 0 Å². The number of halogens is 4. The second kappa shape index (κ2) is 10.6. The van der Waals surface area contributed by atoms with E-state index in [1.807, 2.05) is 6.07 Å². The van der Waals surface area contributed by atoms with E-state index >= 15 is 0 Å². The smallest absolute Gasteiger partial charge is 0.338 e. The molecular weight excluding hydrogens is 438 g/mol. The zero-order chi connectivity index (χ0) is 23.8. The average molecular weight is 459 g/mol. The van der Waals surface area contributed by atoms with Crippen molar-refractivity contribution in [2.75, 3.05) is 23.3 Å². The number of para-hydroxylation sites is 1. The van der Waals surface area contributed by atoms with Gasteiger partial charge in [-0.1, -0.05) is 24.3 Å². The number of amides is 3. The molecule has 3 aromatic carbocycles. The molecule has 3 rings (SSSR count). The van der Waals surface area contributed by atoms with Gasteiger partial charge in [0.2, 0.25) is 0 Å². The van der Waals surface area contributed by atoms with Gasteiger partial charge in [-0.05, 0) is 61.0 Å². The highest BCUT2D eigenvalue weighted by atomic mass is 19.4. The number of anilines is 2. The summed E-state index contributed by atoms with van der Waals surface area (Å²) in [6.45, 7) is 0.425. The highest BCUT2D eigenvalue weighted by Gasteiger charge is 2.30. The van der Waals surface area contributed by atoms with Gasteiger partial charge in [-0.3, -0.25) is 4.79 Å². The third-order valence-corrected chi connectivity index (χ3v) is 4.70. The Morgan fingerprint density at radius 3 is 2.24 bits per heavy atom. The minimum atomic E-state index is -4.51. The van der Waals surface area contributed by atoms with Crippen molar-refractivity contribution in [3.05, 3.63) is 95.8 Å². The third-order valence-electron chi connectivity index (χ3n) is 4.70. The lowest BCUT2D eigenvalue weighted by Crippen LogP contribution is -2.35. The summed E-state index contributed by atoms with van der Waals surface area (Å²) in [6, 6.07) is 17.7. The number of hydrogen-bond acceptors (Lipinski definition) is 2. The Balaban J connectivity index is 1.57. The summed E-state index contributed by atoms with van der Waals surface area (Å²) in [5.74, 6) is -0.775. The van der Waals surface area contributed by atoms with Crippen LogP contribution in [0.1, 0.15) is 22.3 Å². The molecule has 0 atom stereocenters. The maximum absolute atomic E-state index is 13.2. The molecule has 2 N–H and O–H groups in total. The first-order chi connectivity index (χ1) is 15.7. The fourth-order valence-electron chi connectivity index (χ4n) is 3.09. The summed E-state index contributed by atoms with van der Waals surface area (Å²) in [7, 11) is 0. The SMILES string of the molecule is O=C(NCCCN(C(=O)c1ccc(F)cc1)c1ccccc1)Nc1cccc(C(F)(F)F)c1. The molecule has 9 heteroatoms. The van der Waals surface area contributed by atoms with Crippen molar-refractivity contribution in [2.45, 2.75) is 12.6 Å². The minimum absolute atomic E-state index is 0.0136. The van der Waals surface area contributed by atoms with Crippen molar-refractivity contribution in [1.29, 1.82) is 0 Å². The Bertz CT molecular complexity index is 1090. The highest BCUT2D eigenvalue weighted by Crippen LogP contribution is 2.30. The van der Waals surface area contributed by atoms with Gasteiger partial charge in [-0.2, -0.15) is 13.2 Å². The quantitative estimate of drug-likeness (QED) is 0.352. The Hall–Kier alpha value is -3.88. The molecule has 0 fully saturated rings. The van der Waals surface area contributed by atoms with Crippen LogP contribution in [0.2, 0.25) is 0 Å². The highest BCUT2D eigenvalue weighted by molar-refractivity contribution is 6.06. The van der Waals surface area contributed by atoms with Crippen molar-refractivity contribution in [1.82, 2.24) is 5.32 Å². The molecule has 0 aliphatic heterocycles. The van der Waals surface area contributed by atoms with E-state index in [1.54, 1.807) is 24.3 Å². The molecule has 0 aliphatic carbocycles. The number of benzene rings is 3. The van der Waals surface area contributed by atoms with Crippen LogP contribution in [0.3, 0.4) is 0 Å². The Morgan fingerprint density at radius 2 is 1.58 bits per heavy atom. The summed E-state index contributed by atoms with van der Waals surface area (Å²) in [5.41, 5.74) is 0.105. The number of alkyl halides is 3. The lowest BCUT2D eigenvalue weighted by atomic mass is 10.1. The van der Waals surface area contributed by atoms with Gasteiger partial charge in [-0.15, -0.1) is 0 Å². The first-order valence-electron chi connectivity index (χ1n) is 10.1. The molecular formula is C24H21F4N3O2. The maximum atomic E-state index is 13.2. The molecule has 0 aromatic heterocycles. The minimum Gasteiger partial charge on any atom is -0.338 e. The molecule has 0 bridgehead atoms. The number of nitrogens with one attached hydrogen (secondary N) is 2. The van der Waals surface area contributed by atoms with Gasteiger partial charge >= 0.3 is 12.2 Å². The molecule has 0 saturated heterocycles. The van der Waals surface area contributed by atoms with Crippen LogP contribution in [0, 0.1) is 5.82 Å². The van der Waals surface area contributed by atoms with Crippen molar-refractivity contribution < 1.29 is 27.2 Å².